The number of rotatable bonds is 3. The van der Waals surface area contributed by atoms with Crippen LogP contribution in [-0.4, -0.2) is 20.0 Å². The van der Waals surface area contributed by atoms with Gasteiger partial charge in [-0.25, -0.2) is 0 Å². The molecule has 4 heteroatoms. The molecule has 104 valence electrons. The maximum Gasteiger partial charge on any atom is 0.231 e. The van der Waals surface area contributed by atoms with Crippen LogP contribution in [0.15, 0.2) is 48.4 Å². The van der Waals surface area contributed by atoms with Crippen molar-refractivity contribution in [2.75, 3.05) is 13.9 Å². The van der Waals surface area contributed by atoms with Gasteiger partial charge >= 0.3 is 0 Å². The minimum atomic E-state index is -0.0828. The van der Waals surface area contributed by atoms with E-state index in [0.29, 0.717) is 12.2 Å². The molecule has 4 nitrogen and oxygen atoms in total. The second-order valence-corrected chi connectivity index (χ2v) is 4.58. The minimum Gasteiger partial charge on any atom is -0.501 e. The van der Waals surface area contributed by atoms with Crippen molar-refractivity contribution in [1.82, 2.24) is 0 Å². The molecule has 0 N–H and O–H groups in total. The maximum absolute atomic E-state index is 5.65. The first-order valence-corrected chi connectivity index (χ1v) is 6.43. The molecule has 2 heterocycles. The van der Waals surface area contributed by atoms with E-state index in [2.05, 4.69) is 6.58 Å². The van der Waals surface area contributed by atoms with Gasteiger partial charge in [0.25, 0.3) is 0 Å². The van der Waals surface area contributed by atoms with Crippen LogP contribution in [0.5, 0.6) is 11.5 Å². The highest BCUT2D eigenvalue weighted by molar-refractivity contribution is 5.63. The molecule has 1 atom stereocenters. The minimum absolute atomic E-state index is 0.0828. The molecule has 0 radical (unpaired) electrons. The van der Waals surface area contributed by atoms with Crippen LogP contribution in [0.3, 0.4) is 0 Å². The molecule has 0 saturated heterocycles. The van der Waals surface area contributed by atoms with Gasteiger partial charge in [-0.2, -0.15) is 0 Å². The summed E-state index contributed by atoms with van der Waals surface area (Å²) < 4.78 is 21.7. The van der Waals surface area contributed by atoms with Crippen LogP contribution in [0, 0.1) is 0 Å². The van der Waals surface area contributed by atoms with Crippen molar-refractivity contribution in [2.24, 2.45) is 0 Å². The average Bonchev–Trinajstić information content (AvgIpc) is 2.93. The highest BCUT2D eigenvalue weighted by atomic mass is 16.7. The summed E-state index contributed by atoms with van der Waals surface area (Å²) in [5.41, 5.74) is 0.975. The second-order valence-electron chi connectivity index (χ2n) is 4.58. The van der Waals surface area contributed by atoms with Gasteiger partial charge in [0.05, 0.1) is 7.11 Å². The largest absolute Gasteiger partial charge is 0.501 e. The smallest absolute Gasteiger partial charge is 0.231 e. The lowest BCUT2D eigenvalue weighted by molar-refractivity contribution is 0.126. The molecule has 0 aliphatic carbocycles. The molecule has 0 fully saturated rings. The van der Waals surface area contributed by atoms with Gasteiger partial charge in [-0.1, -0.05) is 24.8 Å². The summed E-state index contributed by atoms with van der Waals surface area (Å²) in [5.74, 6) is 3.04. The number of ether oxygens (including phenoxy) is 4. The van der Waals surface area contributed by atoms with Crippen LogP contribution in [0.25, 0.3) is 6.08 Å². The number of fused-ring (bicyclic) bond motifs is 1. The third-order valence-corrected chi connectivity index (χ3v) is 3.21. The number of hydrogen-bond acceptors (Lipinski definition) is 4. The third-order valence-electron chi connectivity index (χ3n) is 3.21. The summed E-state index contributed by atoms with van der Waals surface area (Å²) in [6.45, 7) is 4.09. The first-order chi connectivity index (χ1) is 9.76. The van der Waals surface area contributed by atoms with E-state index >= 15 is 0 Å². The van der Waals surface area contributed by atoms with Gasteiger partial charge in [-0.15, -0.1) is 0 Å². The van der Waals surface area contributed by atoms with E-state index in [9.17, 15) is 0 Å². The number of allylic oxidation sites excluding steroid dienone is 1. The van der Waals surface area contributed by atoms with Gasteiger partial charge < -0.3 is 18.9 Å². The Bertz CT molecular complexity index is 586. The fourth-order valence-corrected chi connectivity index (χ4v) is 2.25. The predicted molar refractivity (Wildman–Crippen MR) is 75.3 cm³/mol. The van der Waals surface area contributed by atoms with E-state index in [1.807, 2.05) is 36.4 Å². The summed E-state index contributed by atoms with van der Waals surface area (Å²) in [6, 6.07) is 5.81. The molecule has 0 bridgehead atoms. The number of benzene rings is 1. The fraction of sp³-hybridized carbons (Fsp3) is 0.250. The van der Waals surface area contributed by atoms with Crippen molar-refractivity contribution in [1.29, 1.82) is 0 Å². The molecule has 0 spiro atoms. The Balaban J connectivity index is 1.77. The number of hydrogen-bond donors (Lipinski definition) is 0. The van der Waals surface area contributed by atoms with Gasteiger partial charge in [0, 0.05) is 18.1 Å². The van der Waals surface area contributed by atoms with E-state index < -0.39 is 0 Å². The molecular weight excluding hydrogens is 256 g/mol. The van der Waals surface area contributed by atoms with E-state index in [1.54, 1.807) is 7.11 Å². The second kappa shape index (κ2) is 5.33. The molecule has 3 rings (SSSR count). The molecule has 2 aliphatic rings. The van der Waals surface area contributed by atoms with Crippen LogP contribution in [0.1, 0.15) is 12.0 Å². The summed E-state index contributed by atoms with van der Waals surface area (Å²) in [6.07, 6.45) is 6.37. The zero-order valence-corrected chi connectivity index (χ0v) is 11.3. The lowest BCUT2D eigenvalue weighted by Gasteiger charge is -2.22. The SMILES string of the molecule is C=C1C=C(OC)CC(/C=C/c2cccc3c2OCO3)O1. The molecule has 1 aromatic rings. The first kappa shape index (κ1) is 12.7. The molecule has 0 amide bonds. The molecule has 20 heavy (non-hydrogen) atoms. The van der Waals surface area contributed by atoms with Crippen molar-refractivity contribution in [3.8, 4) is 11.5 Å². The fourth-order valence-electron chi connectivity index (χ4n) is 2.25. The molecule has 1 unspecified atom stereocenters. The van der Waals surface area contributed by atoms with Gasteiger partial charge in [-0.3, -0.25) is 0 Å². The van der Waals surface area contributed by atoms with Crippen LogP contribution >= 0.6 is 0 Å². The third kappa shape index (κ3) is 2.50. The summed E-state index contributed by atoms with van der Waals surface area (Å²) >= 11 is 0. The van der Waals surface area contributed by atoms with E-state index in [1.165, 1.54) is 0 Å². The van der Waals surface area contributed by atoms with Gasteiger partial charge in [0.2, 0.25) is 6.79 Å². The van der Waals surface area contributed by atoms with Gasteiger partial charge in [-0.05, 0) is 12.1 Å². The number of para-hydroxylation sites is 1. The van der Waals surface area contributed by atoms with E-state index in [-0.39, 0.29) is 12.9 Å². The Morgan fingerprint density at radius 2 is 2.25 bits per heavy atom. The molecule has 0 aromatic heterocycles. The molecule has 2 aliphatic heterocycles. The molecule has 0 saturated carbocycles. The molecule has 1 aromatic carbocycles. The van der Waals surface area contributed by atoms with Gasteiger partial charge in [0.1, 0.15) is 17.6 Å². The van der Waals surface area contributed by atoms with Crippen LogP contribution in [-0.2, 0) is 9.47 Å². The first-order valence-electron chi connectivity index (χ1n) is 6.43. The predicted octanol–water partition coefficient (Wildman–Crippen LogP) is 3.26. The maximum atomic E-state index is 5.65. The zero-order valence-electron chi connectivity index (χ0n) is 11.3. The van der Waals surface area contributed by atoms with Crippen molar-refractivity contribution in [2.45, 2.75) is 12.5 Å². The Morgan fingerprint density at radius 3 is 3.10 bits per heavy atom. The van der Waals surface area contributed by atoms with E-state index in [4.69, 9.17) is 18.9 Å². The Kier molecular flexibility index (Phi) is 3.37. The average molecular weight is 272 g/mol. The van der Waals surface area contributed by atoms with Crippen LogP contribution in [0.2, 0.25) is 0 Å². The summed E-state index contributed by atoms with van der Waals surface area (Å²) in [4.78, 5) is 0. The Morgan fingerprint density at radius 1 is 1.35 bits per heavy atom. The van der Waals surface area contributed by atoms with Crippen molar-refractivity contribution < 1.29 is 18.9 Å². The topological polar surface area (TPSA) is 36.9 Å². The number of methoxy groups -OCH3 is 1. The van der Waals surface area contributed by atoms with Gasteiger partial charge in [0.15, 0.2) is 11.5 Å². The van der Waals surface area contributed by atoms with Crippen molar-refractivity contribution >= 4 is 6.08 Å². The zero-order chi connectivity index (χ0) is 13.9. The normalized spacial score (nSPS) is 20.8. The monoisotopic (exact) mass is 272 g/mol. The quantitative estimate of drug-likeness (QED) is 0.846. The van der Waals surface area contributed by atoms with Crippen LogP contribution < -0.4 is 9.47 Å². The highest BCUT2D eigenvalue weighted by Crippen LogP contribution is 2.36. The standard InChI is InChI=1S/C16H16O4/c1-11-8-14(17-2)9-13(20-11)7-6-12-4-3-5-15-16(12)19-10-18-15/h3-8,13H,1,9-10H2,2H3/b7-6+. The highest BCUT2D eigenvalue weighted by Gasteiger charge is 2.18. The van der Waals surface area contributed by atoms with Crippen molar-refractivity contribution in [3.63, 3.8) is 0 Å². The summed E-state index contributed by atoms with van der Waals surface area (Å²) in [7, 11) is 1.65. The molecular formula is C16H16O4. The Labute approximate surface area is 117 Å². The Hall–Kier alpha value is -2.36. The van der Waals surface area contributed by atoms with Crippen molar-refractivity contribution in [3.05, 3.63) is 54.0 Å². The lowest BCUT2D eigenvalue weighted by Crippen LogP contribution is -2.15. The van der Waals surface area contributed by atoms with E-state index in [0.717, 1.165) is 22.8 Å². The summed E-state index contributed by atoms with van der Waals surface area (Å²) in [5, 5.41) is 0. The van der Waals surface area contributed by atoms with Crippen LogP contribution in [0.4, 0.5) is 0 Å². The lowest BCUT2D eigenvalue weighted by atomic mass is 10.1.